The fourth-order valence-electron chi connectivity index (χ4n) is 3.10. The molecule has 3 rings (SSSR count). The van der Waals surface area contributed by atoms with Gasteiger partial charge < -0.3 is 5.32 Å². The number of benzene rings is 1. The van der Waals surface area contributed by atoms with Crippen molar-refractivity contribution >= 4 is 29.1 Å². The van der Waals surface area contributed by atoms with E-state index in [1.165, 1.54) is 32.2 Å². The Morgan fingerprint density at radius 1 is 1.17 bits per heavy atom. The van der Waals surface area contributed by atoms with E-state index in [0.29, 0.717) is 28.7 Å². The first kappa shape index (κ1) is 21.4. The van der Waals surface area contributed by atoms with Crippen molar-refractivity contribution in [3.8, 4) is 11.1 Å². The van der Waals surface area contributed by atoms with Gasteiger partial charge >= 0.3 is 6.03 Å². The van der Waals surface area contributed by atoms with Crippen molar-refractivity contribution in [1.29, 1.82) is 0 Å². The fourth-order valence-corrected chi connectivity index (χ4v) is 3.30. The van der Waals surface area contributed by atoms with E-state index in [4.69, 9.17) is 11.6 Å². The summed E-state index contributed by atoms with van der Waals surface area (Å²) in [6.07, 6.45) is 7.65. The molecule has 1 aromatic carbocycles. The highest BCUT2D eigenvalue weighted by Gasteiger charge is 2.20. The number of aromatic nitrogens is 1. The minimum atomic E-state index is -0.788. The van der Waals surface area contributed by atoms with Crippen LogP contribution in [0.5, 0.6) is 0 Å². The van der Waals surface area contributed by atoms with Crippen LogP contribution < -0.4 is 16.2 Å². The molecule has 30 heavy (non-hydrogen) atoms. The lowest BCUT2D eigenvalue weighted by Crippen LogP contribution is -2.46. The first-order chi connectivity index (χ1) is 14.3. The molecule has 1 heterocycles. The summed E-state index contributed by atoms with van der Waals surface area (Å²) in [6, 6.07) is 2.49. The number of carbonyl (C=O) groups excluding carboxylic acids is 2. The van der Waals surface area contributed by atoms with E-state index in [-0.39, 0.29) is 10.7 Å². The van der Waals surface area contributed by atoms with Gasteiger partial charge in [0.2, 0.25) is 5.91 Å². The lowest BCUT2D eigenvalue weighted by atomic mass is 9.95. The predicted octanol–water partition coefficient (Wildman–Crippen LogP) is 4.43. The standard InChI is InChI=1S/C21H19ClF2N4O2/c1-11(26-21(30)28-27-12(2)29)20-18(24)7-14(10-25-20)16-8-15(22)9-17(23)19(16)13-5-3-4-6-13/h3,5-11H,4H2,1-2H3,(H,27,29)(H2,26,28,30). The fraction of sp³-hybridized carbons (Fsp3) is 0.190. The van der Waals surface area contributed by atoms with Crippen LogP contribution in [0.25, 0.3) is 16.7 Å². The van der Waals surface area contributed by atoms with E-state index in [2.05, 4.69) is 21.2 Å². The second kappa shape index (κ2) is 9.04. The molecule has 0 spiro atoms. The predicted molar refractivity (Wildman–Crippen MR) is 110 cm³/mol. The number of urea groups is 1. The molecule has 0 fully saturated rings. The summed E-state index contributed by atoms with van der Waals surface area (Å²) in [5, 5.41) is 2.64. The van der Waals surface area contributed by atoms with Crippen LogP contribution in [0.2, 0.25) is 5.02 Å². The molecule has 156 valence electrons. The lowest BCUT2D eigenvalue weighted by molar-refractivity contribution is -0.119. The number of allylic oxidation sites excluding steroid dienone is 4. The van der Waals surface area contributed by atoms with Crippen LogP contribution in [0, 0.1) is 11.6 Å². The Morgan fingerprint density at radius 2 is 1.93 bits per heavy atom. The zero-order valence-electron chi connectivity index (χ0n) is 16.2. The van der Waals surface area contributed by atoms with Gasteiger partial charge in [-0.3, -0.25) is 15.2 Å². The first-order valence-electron chi connectivity index (χ1n) is 9.11. The molecule has 3 N–H and O–H groups in total. The van der Waals surface area contributed by atoms with Crippen molar-refractivity contribution in [2.24, 2.45) is 0 Å². The summed E-state index contributed by atoms with van der Waals surface area (Å²) in [5.41, 5.74) is 6.00. The first-order valence-corrected chi connectivity index (χ1v) is 9.49. The molecular formula is C21H19ClF2N4O2. The Balaban J connectivity index is 1.90. The molecular weight excluding hydrogens is 414 g/mol. The van der Waals surface area contributed by atoms with Gasteiger partial charge in [-0.25, -0.2) is 19.0 Å². The van der Waals surface area contributed by atoms with E-state index in [1.54, 1.807) is 12.1 Å². The normalized spacial score (nSPS) is 13.6. The van der Waals surface area contributed by atoms with Gasteiger partial charge in [0.1, 0.15) is 11.6 Å². The Labute approximate surface area is 177 Å². The molecule has 9 heteroatoms. The number of rotatable bonds is 4. The summed E-state index contributed by atoms with van der Waals surface area (Å²) in [5.74, 6) is -1.64. The largest absolute Gasteiger partial charge is 0.334 e. The van der Waals surface area contributed by atoms with Gasteiger partial charge in [0, 0.05) is 29.3 Å². The second-order valence-electron chi connectivity index (χ2n) is 6.70. The smallest absolute Gasteiger partial charge is 0.329 e. The van der Waals surface area contributed by atoms with E-state index in [0.717, 1.165) is 0 Å². The number of hydrogen-bond acceptors (Lipinski definition) is 3. The van der Waals surface area contributed by atoms with Crippen molar-refractivity contribution in [2.75, 3.05) is 0 Å². The van der Waals surface area contributed by atoms with Crippen LogP contribution in [0.3, 0.4) is 0 Å². The van der Waals surface area contributed by atoms with Gasteiger partial charge in [-0.1, -0.05) is 29.8 Å². The average molecular weight is 433 g/mol. The summed E-state index contributed by atoms with van der Waals surface area (Å²) in [7, 11) is 0. The SMILES string of the molecule is CC(=O)NNC(=O)NC(C)c1ncc(-c2cc(Cl)cc(F)c2C2=CCC=C2)cc1F. The second-order valence-corrected chi connectivity index (χ2v) is 7.14. The zero-order chi connectivity index (χ0) is 21.8. The van der Waals surface area contributed by atoms with E-state index in [1.807, 2.05) is 12.2 Å². The van der Waals surface area contributed by atoms with Crippen molar-refractivity contribution in [3.05, 3.63) is 70.5 Å². The number of nitrogens with one attached hydrogen (secondary N) is 3. The summed E-state index contributed by atoms with van der Waals surface area (Å²) in [4.78, 5) is 26.7. The molecule has 0 bridgehead atoms. The average Bonchev–Trinajstić information content (AvgIpc) is 3.19. The molecule has 1 aliphatic rings. The Hall–Kier alpha value is -3.26. The van der Waals surface area contributed by atoms with Crippen molar-refractivity contribution in [2.45, 2.75) is 26.3 Å². The molecule has 0 saturated heterocycles. The molecule has 3 amide bonds. The number of hydrazine groups is 1. The van der Waals surface area contributed by atoms with Crippen LogP contribution in [-0.4, -0.2) is 16.9 Å². The summed E-state index contributed by atoms with van der Waals surface area (Å²) >= 11 is 6.03. The van der Waals surface area contributed by atoms with Crippen LogP contribution in [-0.2, 0) is 4.79 Å². The molecule has 2 aromatic rings. The number of hydrogen-bond donors (Lipinski definition) is 3. The molecule has 1 aliphatic carbocycles. The van der Waals surface area contributed by atoms with Gasteiger partial charge in [0.05, 0.1) is 11.7 Å². The van der Waals surface area contributed by atoms with Gasteiger partial charge in [-0.15, -0.1) is 0 Å². The Bertz CT molecular complexity index is 1070. The number of halogens is 3. The molecule has 0 radical (unpaired) electrons. The highest BCUT2D eigenvalue weighted by molar-refractivity contribution is 6.31. The van der Waals surface area contributed by atoms with E-state index in [9.17, 15) is 18.4 Å². The molecule has 0 saturated carbocycles. The van der Waals surface area contributed by atoms with Crippen LogP contribution >= 0.6 is 11.6 Å². The number of pyridine rings is 1. The molecule has 1 atom stereocenters. The summed E-state index contributed by atoms with van der Waals surface area (Å²) < 4.78 is 29.5. The third kappa shape index (κ3) is 4.83. The number of nitrogens with zero attached hydrogens (tertiary/aromatic N) is 1. The van der Waals surface area contributed by atoms with Crippen LogP contribution in [0.1, 0.15) is 37.6 Å². The van der Waals surface area contributed by atoms with Crippen LogP contribution in [0.4, 0.5) is 13.6 Å². The van der Waals surface area contributed by atoms with Crippen molar-refractivity contribution < 1.29 is 18.4 Å². The quantitative estimate of drug-likeness (QED) is 0.625. The molecule has 1 unspecified atom stereocenters. The van der Waals surface area contributed by atoms with E-state index < -0.39 is 29.6 Å². The monoisotopic (exact) mass is 432 g/mol. The zero-order valence-corrected chi connectivity index (χ0v) is 17.0. The maximum atomic E-state index is 14.8. The minimum absolute atomic E-state index is 0.0132. The van der Waals surface area contributed by atoms with Crippen molar-refractivity contribution in [1.82, 2.24) is 21.2 Å². The van der Waals surface area contributed by atoms with Gasteiger partial charge in [0.15, 0.2) is 0 Å². The van der Waals surface area contributed by atoms with Gasteiger partial charge in [0.25, 0.3) is 0 Å². The van der Waals surface area contributed by atoms with Crippen molar-refractivity contribution in [3.63, 3.8) is 0 Å². The Kier molecular flexibility index (Phi) is 6.47. The third-order valence-corrected chi connectivity index (χ3v) is 4.62. The molecule has 6 nitrogen and oxygen atoms in total. The third-order valence-electron chi connectivity index (χ3n) is 4.41. The summed E-state index contributed by atoms with van der Waals surface area (Å²) in [6.45, 7) is 2.77. The van der Waals surface area contributed by atoms with E-state index >= 15 is 0 Å². The number of carbonyl (C=O) groups is 2. The highest BCUT2D eigenvalue weighted by Crippen LogP contribution is 2.36. The lowest BCUT2D eigenvalue weighted by Gasteiger charge is -2.16. The molecule has 1 aromatic heterocycles. The minimum Gasteiger partial charge on any atom is -0.329 e. The topological polar surface area (TPSA) is 83.1 Å². The molecule has 0 aliphatic heterocycles. The maximum Gasteiger partial charge on any atom is 0.334 e. The van der Waals surface area contributed by atoms with Gasteiger partial charge in [-0.05, 0) is 42.7 Å². The van der Waals surface area contributed by atoms with Gasteiger partial charge in [-0.2, -0.15) is 0 Å². The highest BCUT2D eigenvalue weighted by atomic mass is 35.5. The maximum absolute atomic E-state index is 14.8. The Morgan fingerprint density at radius 3 is 2.57 bits per heavy atom. The number of amides is 3. The van der Waals surface area contributed by atoms with Crippen LogP contribution in [0.15, 0.2) is 42.6 Å².